The first-order chi connectivity index (χ1) is 4.84. The quantitative estimate of drug-likeness (QED) is 0.611. The minimum absolute atomic E-state index is 0.400. The Morgan fingerprint density at radius 3 is 3.10 bits per heavy atom. The SMILES string of the molecule is C[C@@H](CC=O)c1cccs1. The van der Waals surface area contributed by atoms with Gasteiger partial charge < -0.3 is 4.79 Å². The van der Waals surface area contributed by atoms with E-state index >= 15 is 0 Å². The van der Waals surface area contributed by atoms with Gasteiger partial charge in [-0.1, -0.05) is 13.0 Å². The van der Waals surface area contributed by atoms with Crippen LogP contribution in [0.25, 0.3) is 0 Å². The first-order valence-electron chi connectivity index (χ1n) is 3.31. The summed E-state index contributed by atoms with van der Waals surface area (Å²) in [6.45, 7) is 2.07. The van der Waals surface area contributed by atoms with E-state index in [1.165, 1.54) is 4.88 Å². The summed E-state index contributed by atoms with van der Waals surface area (Å²) in [5, 5.41) is 2.04. The Morgan fingerprint density at radius 2 is 2.60 bits per heavy atom. The second-order valence-electron chi connectivity index (χ2n) is 2.32. The molecule has 2 heteroatoms. The maximum Gasteiger partial charge on any atom is 0.120 e. The Bertz CT molecular complexity index is 191. The van der Waals surface area contributed by atoms with E-state index in [0.29, 0.717) is 12.3 Å². The van der Waals surface area contributed by atoms with Crippen molar-refractivity contribution < 1.29 is 4.79 Å². The van der Waals surface area contributed by atoms with Crippen molar-refractivity contribution >= 4 is 17.6 Å². The maximum atomic E-state index is 10.1. The zero-order chi connectivity index (χ0) is 7.40. The average molecular weight is 154 g/mol. The topological polar surface area (TPSA) is 17.1 Å². The summed E-state index contributed by atoms with van der Waals surface area (Å²) in [7, 11) is 0. The lowest BCUT2D eigenvalue weighted by atomic mass is 10.1. The summed E-state index contributed by atoms with van der Waals surface area (Å²) < 4.78 is 0. The lowest BCUT2D eigenvalue weighted by Crippen LogP contribution is -1.89. The molecule has 1 heterocycles. The fraction of sp³-hybridized carbons (Fsp3) is 0.375. The second-order valence-corrected chi connectivity index (χ2v) is 3.30. The fourth-order valence-electron chi connectivity index (χ4n) is 0.832. The van der Waals surface area contributed by atoms with Gasteiger partial charge in [-0.25, -0.2) is 0 Å². The Balaban J connectivity index is 2.58. The molecular formula is C8H10OS. The Hall–Kier alpha value is -0.630. The molecule has 0 fully saturated rings. The molecule has 0 amide bonds. The first-order valence-corrected chi connectivity index (χ1v) is 4.19. The van der Waals surface area contributed by atoms with Gasteiger partial charge in [-0.2, -0.15) is 0 Å². The molecule has 0 N–H and O–H groups in total. The van der Waals surface area contributed by atoms with Gasteiger partial charge in [0.2, 0.25) is 0 Å². The van der Waals surface area contributed by atoms with Crippen molar-refractivity contribution in [1.29, 1.82) is 0 Å². The normalized spacial score (nSPS) is 12.9. The highest BCUT2D eigenvalue weighted by Gasteiger charge is 2.03. The summed E-state index contributed by atoms with van der Waals surface area (Å²) >= 11 is 1.71. The molecule has 1 nitrogen and oxygen atoms in total. The molecule has 10 heavy (non-hydrogen) atoms. The van der Waals surface area contributed by atoms with E-state index in [4.69, 9.17) is 0 Å². The summed E-state index contributed by atoms with van der Waals surface area (Å²) in [4.78, 5) is 11.4. The molecule has 1 aromatic heterocycles. The Labute approximate surface area is 64.7 Å². The van der Waals surface area contributed by atoms with Gasteiger partial charge in [0.1, 0.15) is 6.29 Å². The lowest BCUT2D eigenvalue weighted by molar-refractivity contribution is -0.108. The zero-order valence-corrected chi connectivity index (χ0v) is 6.73. The Morgan fingerprint density at radius 1 is 1.80 bits per heavy atom. The molecule has 0 bridgehead atoms. The van der Waals surface area contributed by atoms with Crippen LogP contribution in [0.4, 0.5) is 0 Å². The minimum atomic E-state index is 0.400. The monoisotopic (exact) mass is 154 g/mol. The molecular weight excluding hydrogens is 144 g/mol. The first kappa shape index (κ1) is 7.48. The lowest BCUT2D eigenvalue weighted by Gasteiger charge is -2.01. The van der Waals surface area contributed by atoms with Crippen molar-refractivity contribution in [3.8, 4) is 0 Å². The number of aldehydes is 1. The van der Waals surface area contributed by atoms with Gasteiger partial charge in [-0.15, -0.1) is 11.3 Å². The summed E-state index contributed by atoms with van der Waals surface area (Å²) in [5.41, 5.74) is 0. The van der Waals surface area contributed by atoms with Crippen LogP contribution in [-0.2, 0) is 4.79 Å². The van der Waals surface area contributed by atoms with Crippen molar-refractivity contribution in [1.82, 2.24) is 0 Å². The molecule has 0 aromatic carbocycles. The third kappa shape index (κ3) is 1.67. The van der Waals surface area contributed by atoms with Gasteiger partial charge in [-0.3, -0.25) is 0 Å². The van der Waals surface area contributed by atoms with Gasteiger partial charge in [0.05, 0.1) is 0 Å². The highest BCUT2D eigenvalue weighted by atomic mass is 32.1. The predicted octanol–water partition coefficient (Wildman–Crippen LogP) is 2.44. The third-order valence-corrected chi connectivity index (χ3v) is 2.58. The standard InChI is InChI=1S/C8H10OS/c1-7(4-5-9)8-3-2-6-10-8/h2-3,5-7H,4H2,1H3/t7-/m0/s1. The van der Waals surface area contributed by atoms with E-state index in [-0.39, 0.29) is 0 Å². The largest absolute Gasteiger partial charge is 0.303 e. The summed E-state index contributed by atoms with van der Waals surface area (Å²) in [5.74, 6) is 0.400. The molecule has 0 aliphatic rings. The number of carbonyl (C=O) groups excluding carboxylic acids is 1. The smallest absolute Gasteiger partial charge is 0.120 e. The van der Waals surface area contributed by atoms with E-state index in [1.54, 1.807) is 11.3 Å². The van der Waals surface area contributed by atoms with Crippen LogP contribution in [0.15, 0.2) is 17.5 Å². The van der Waals surface area contributed by atoms with E-state index in [0.717, 1.165) is 6.29 Å². The highest BCUT2D eigenvalue weighted by molar-refractivity contribution is 7.10. The van der Waals surface area contributed by atoms with E-state index < -0.39 is 0 Å². The molecule has 54 valence electrons. The molecule has 0 spiro atoms. The number of hydrogen-bond acceptors (Lipinski definition) is 2. The molecule has 0 saturated carbocycles. The number of carbonyl (C=O) groups is 1. The van der Waals surface area contributed by atoms with E-state index in [1.807, 2.05) is 11.4 Å². The van der Waals surface area contributed by atoms with Crippen molar-refractivity contribution in [2.45, 2.75) is 19.3 Å². The van der Waals surface area contributed by atoms with Crippen molar-refractivity contribution in [2.24, 2.45) is 0 Å². The number of rotatable bonds is 3. The van der Waals surface area contributed by atoms with Crippen molar-refractivity contribution in [3.05, 3.63) is 22.4 Å². The minimum Gasteiger partial charge on any atom is -0.303 e. The molecule has 1 atom stereocenters. The molecule has 0 radical (unpaired) electrons. The van der Waals surface area contributed by atoms with Crippen LogP contribution < -0.4 is 0 Å². The summed E-state index contributed by atoms with van der Waals surface area (Å²) in [6.07, 6.45) is 1.62. The van der Waals surface area contributed by atoms with Crippen LogP contribution in [0.3, 0.4) is 0 Å². The van der Waals surface area contributed by atoms with Crippen LogP contribution in [0, 0.1) is 0 Å². The van der Waals surface area contributed by atoms with Crippen molar-refractivity contribution in [2.75, 3.05) is 0 Å². The molecule has 1 rings (SSSR count). The second kappa shape index (κ2) is 3.52. The zero-order valence-electron chi connectivity index (χ0n) is 5.91. The fourth-order valence-corrected chi connectivity index (χ4v) is 1.63. The highest BCUT2D eigenvalue weighted by Crippen LogP contribution is 2.22. The van der Waals surface area contributed by atoms with E-state index in [2.05, 4.69) is 13.0 Å². The van der Waals surface area contributed by atoms with Crippen LogP contribution in [0.1, 0.15) is 24.1 Å². The average Bonchev–Trinajstić information content (AvgIpc) is 2.38. The van der Waals surface area contributed by atoms with Crippen LogP contribution >= 0.6 is 11.3 Å². The van der Waals surface area contributed by atoms with E-state index in [9.17, 15) is 4.79 Å². The van der Waals surface area contributed by atoms with Gasteiger partial charge in [0.25, 0.3) is 0 Å². The van der Waals surface area contributed by atoms with Gasteiger partial charge in [0.15, 0.2) is 0 Å². The van der Waals surface area contributed by atoms with Gasteiger partial charge in [-0.05, 0) is 17.4 Å². The van der Waals surface area contributed by atoms with Crippen LogP contribution in [0.5, 0.6) is 0 Å². The number of thiophene rings is 1. The van der Waals surface area contributed by atoms with Crippen molar-refractivity contribution in [3.63, 3.8) is 0 Å². The Kier molecular flexibility index (Phi) is 2.63. The number of hydrogen-bond donors (Lipinski definition) is 0. The molecule has 1 aromatic rings. The third-order valence-electron chi connectivity index (χ3n) is 1.48. The molecule has 0 unspecified atom stereocenters. The van der Waals surface area contributed by atoms with Gasteiger partial charge >= 0.3 is 0 Å². The predicted molar refractivity (Wildman–Crippen MR) is 43.4 cm³/mol. The van der Waals surface area contributed by atoms with Crippen LogP contribution in [-0.4, -0.2) is 6.29 Å². The maximum absolute atomic E-state index is 10.1. The van der Waals surface area contributed by atoms with Gasteiger partial charge in [0, 0.05) is 11.3 Å². The molecule has 0 saturated heterocycles. The molecule has 0 aliphatic heterocycles. The summed E-state index contributed by atoms with van der Waals surface area (Å²) in [6, 6.07) is 4.08. The van der Waals surface area contributed by atoms with Crippen LogP contribution in [0.2, 0.25) is 0 Å². The molecule has 0 aliphatic carbocycles.